The number of rotatable bonds is 7. The monoisotopic (exact) mass is 436 g/mol. The highest BCUT2D eigenvalue weighted by atomic mass is 32.1. The Kier molecular flexibility index (Phi) is 6.08. The summed E-state index contributed by atoms with van der Waals surface area (Å²) in [4.78, 5) is 30.0. The van der Waals surface area contributed by atoms with Gasteiger partial charge in [0, 0.05) is 24.5 Å². The van der Waals surface area contributed by atoms with Gasteiger partial charge in [-0.05, 0) is 44.5 Å². The Bertz CT molecular complexity index is 1030. The Hall–Kier alpha value is -1.71. The van der Waals surface area contributed by atoms with Crippen molar-refractivity contribution >= 4 is 38.9 Å². The fourth-order valence-electron chi connectivity index (χ4n) is 4.27. The zero-order chi connectivity index (χ0) is 20.5. The molecular weight excluding hydrogens is 408 g/mol. The molecule has 0 unspecified atom stereocenters. The highest BCUT2D eigenvalue weighted by Gasteiger charge is 2.23. The number of aromatic nitrogens is 2. The van der Waals surface area contributed by atoms with E-state index in [1.54, 1.807) is 4.57 Å². The number of hydrogen-bond acceptors (Lipinski definition) is 5. The molecule has 7 nitrogen and oxygen atoms in total. The summed E-state index contributed by atoms with van der Waals surface area (Å²) in [5.41, 5.74) is 0.520. The van der Waals surface area contributed by atoms with E-state index in [0.29, 0.717) is 37.7 Å². The first-order valence-corrected chi connectivity index (χ1v) is 11.6. The first-order valence-electron chi connectivity index (χ1n) is 10.4. The molecule has 158 valence electrons. The van der Waals surface area contributed by atoms with Gasteiger partial charge in [0.05, 0.1) is 31.2 Å². The number of fused-ring (bicyclic) bond motifs is 1. The van der Waals surface area contributed by atoms with Gasteiger partial charge in [0.2, 0.25) is 0 Å². The van der Waals surface area contributed by atoms with Crippen LogP contribution in [0.1, 0.15) is 43.0 Å². The molecule has 1 saturated carbocycles. The molecule has 0 aromatic carbocycles. The molecule has 1 aliphatic carbocycles. The fourth-order valence-corrected chi connectivity index (χ4v) is 5.86. The summed E-state index contributed by atoms with van der Waals surface area (Å²) in [7, 11) is 0. The van der Waals surface area contributed by atoms with Crippen molar-refractivity contribution in [1.82, 2.24) is 19.4 Å². The van der Waals surface area contributed by atoms with Gasteiger partial charge >= 0.3 is 5.69 Å². The minimum absolute atomic E-state index is 0.192. The Morgan fingerprint density at radius 2 is 2.00 bits per heavy atom. The van der Waals surface area contributed by atoms with Crippen molar-refractivity contribution in [3.05, 3.63) is 31.3 Å². The van der Waals surface area contributed by atoms with Gasteiger partial charge < -0.3 is 15.0 Å². The lowest BCUT2D eigenvalue weighted by Crippen LogP contribution is -2.40. The fraction of sp³-hybridized carbons (Fsp3) is 0.650. The van der Waals surface area contributed by atoms with Crippen LogP contribution in [0, 0.1) is 6.92 Å². The number of hydrogen-bond donors (Lipinski definition) is 1. The summed E-state index contributed by atoms with van der Waals surface area (Å²) in [6.45, 7) is 7.50. The lowest BCUT2D eigenvalue weighted by Gasteiger charge is -2.15. The zero-order valence-electron chi connectivity index (χ0n) is 17.0. The number of nitrogens with zero attached hydrogens (tertiary/aromatic N) is 3. The van der Waals surface area contributed by atoms with Gasteiger partial charge in [0.15, 0.2) is 5.11 Å². The number of thiocarbonyl (C=S) groups is 1. The minimum Gasteiger partial charge on any atom is -0.376 e. The van der Waals surface area contributed by atoms with Gasteiger partial charge in [0.25, 0.3) is 5.56 Å². The molecule has 9 heteroatoms. The van der Waals surface area contributed by atoms with E-state index in [1.165, 1.54) is 28.7 Å². The van der Waals surface area contributed by atoms with Crippen LogP contribution < -0.4 is 16.6 Å². The van der Waals surface area contributed by atoms with Crippen molar-refractivity contribution in [3.63, 3.8) is 0 Å². The maximum Gasteiger partial charge on any atom is 0.332 e. The van der Waals surface area contributed by atoms with E-state index in [4.69, 9.17) is 17.0 Å². The number of aryl methyl sites for hydroxylation is 1. The van der Waals surface area contributed by atoms with Crippen molar-refractivity contribution in [2.75, 3.05) is 19.7 Å². The second-order valence-electron chi connectivity index (χ2n) is 7.74. The molecule has 0 atom stereocenters. The summed E-state index contributed by atoms with van der Waals surface area (Å²) in [5.74, 6) is 0. The molecule has 0 spiro atoms. The van der Waals surface area contributed by atoms with Crippen molar-refractivity contribution in [1.29, 1.82) is 0 Å². The Labute approximate surface area is 179 Å². The molecule has 0 radical (unpaired) electrons. The average Bonchev–Trinajstić information content (AvgIpc) is 3.42. The summed E-state index contributed by atoms with van der Waals surface area (Å²) in [5, 5.41) is 4.58. The second-order valence-corrected chi connectivity index (χ2v) is 9.22. The Morgan fingerprint density at radius 3 is 2.66 bits per heavy atom. The first-order chi connectivity index (χ1) is 14.0. The molecule has 2 aromatic heterocycles. The van der Waals surface area contributed by atoms with Crippen LogP contribution in [0.15, 0.2) is 9.59 Å². The van der Waals surface area contributed by atoms with E-state index in [-0.39, 0.29) is 11.2 Å². The molecule has 2 fully saturated rings. The molecule has 0 amide bonds. The van der Waals surface area contributed by atoms with E-state index in [1.807, 2.05) is 13.8 Å². The van der Waals surface area contributed by atoms with E-state index in [9.17, 15) is 9.59 Å². The maximum atomic E-state index is 13.0. The van der Waals surface area contributed by atoms with Gasteiger partial charge in [-0.2, -0.15) is 0 Å². The van der Waals surface area contributed by atoms with Crippen LogP contribution in [0.4, 0.5) is 0 Å². The van der Waals surface area contributed by atoms with E-state index in [0.717, 1.165) is 46.3 Å². The van der Waals surface area contributed by atoms with E-state index >= 15 is 0 Å². The molecule has 3 heterocycles. The van der Waals surface area contributed by atoms with Crippen molar-refractivity contribution < 1.29 is 4.74 Å². The largest absolute Gasteiger partial charge is 0.376 e. The number of thiophene rings is 1. The van der Waals surface area contributed by atoms with Gasteiger partial charge in [-0.25, -0.2) is 4.79 Å². The van der Waals surface area contributed by atoms with Crippen molar-refractivity contribution in [2.45, 2.75) is 65.3 Å². The third kappa shape index (κ3) is 3.87. The quantitative estimate of drug-likeness (QED) is 0.671. The van der Waals surface area contributed by atoms with Crippen LogP contribution in [0.25, 0.3) is 10.2 Å². The molecule has 1 saturated heterocycles. The second kappa shape index (κ2) is 8.57. The van der Waals surface area contributed by atoms with Gasteiger partial charge in [0.1, 0.15) is 4.83 Å². The van der Waals surface area contributed by atoms with Crippen LogP contribution >= 0.6 is 23.6 Å². The summed E-state index contributed by atoms with van der Waals surface area (Å²) < 4.78 is 9.07. The molecule has 4 rings (SSSR count). The highest BCUT2D eigenvalue weighted by Crippen LogP contribution is 2.29. The summed E-state index contributed by atoms with van der Waals surface area (Å²) in [6.07, 6.45) is 4.95. The Morgan fingerprint density at radius 1 is 1.24 bits per heavy atom. The third-order valence-electron chi connectivity index (χ3n) is 5.96. The van der Waals surface area contributed by atoms with Crippen LogP contribution in [0.5, 0.6) is 0 Å². The topological polar surface area (TPSA) is 68.5 Å². The zero-order valence-corrected chi connectivity index (χ0v) is 18.7. The lowest BCUT2D eigenvalue weighted by molar-refractivity contribution is 0.0528. The number of nitrogens with one attached hydrogen (secondary N) is 1. The average molecular weight is 437 g/mol. The van der Waals surface area contributed by atoms with Gasteiger partial charge in [-0.15, -0.1) is 11.3 Å². The molecule has 29 heavy (non-hydrogen) atoms. The Balaban J connectivity index is 1.70. The molecule has 0 bridgehead atoms. The lowest BCUT2D eigenvalue weighted by atomic mass is 10.2. The SMILES string of the molecule is CCn1c(=O)c2c(C)c(CN3CCNC3=S)sc2n(CCOC2CCCC2)c1=O. The number of ether oxygens (including phenoxy) is 1. The predicted octanol–water partition coefficient (Wildman–Crippen LogP) is 2.20. The van der Waals surface area contributed by atoms with Crippen LogP contribution in [0.2, 0.25) is 0 Å². The standard InChI is InChI=1S/C20H28N4O3S2/c1-3-23-17(25)16-13(2)15(12-22-9-8-21-19(22)28)29-18(16)24(20(23)26)10-11-27-14-6-4-5-7-14/h14H,3-12H2,1-2H3,(H,21,28). The maximum absolute atomic E-state index is 13.0. The van der Waals surface area contributed by atoms with Crippen LogP contribution in [0.3, 0.4) is 0 Å². The summed E-state index contributed by atoms with van der Waals surface area (Å²) in [6, 6.07) is 0. The van der Waals surface area contributed by atoms with Gasteiger partial charge in [-0.1, -0.05) is 12.8 Å². The third-order valence-corrected chi connectivity index (χ3v) is 7.66. The smallest absolute Gasteiger partial charge is 0.332 e. The first kappa shape index (κ1) is 20.6. The van der Waals surface area contributed by atoms with Crippen molar-refractivity contribution in [3.8, 4) is 0 Å². The molecular formula is C20H28N4O3S2. The van der Waals surface area contributed by atoms with E-state index in [2.05, 4.69) is 10.2 Å². The van der Waals surface area contributed by atoms with Crippen molar-refractivity contribution in [2.24, 2.45) is 0 Å². The van der Waals surface area contributed by atoms with E-state index < -0.39 is 0 Å². The minimum atomic E-state index is -0.244. The van der Waals surface area contributed by atoms with Crippen LogP contribution in [-0.4, -0.2) is 44.9 Å². The molecule has 2 aromatic rings. The van der Waals surface area contributed by atoms with Crippen LogP contribution in [-0.2, 0) is 24.4 Å². The molecule has 1 aliphatic heterocycles. The summed E-state index contributed by atoms with van der Waals surface area (Å²) >= 11 is 6.90. The molecule has 2 aliphatic rings. The molecule has 1 N–H and O–H groups in total. The normalized spacial score (nSPS) is 17.6. The highest BCUT2D eigenvalue weighted by molar-refractivity contribution is 7.80. The predicted molar refractivity (Wildman–Crippen MR) is 120 cm³/mol. The van der Waals surface area contributed by atoms with Gasteiger partial charge in [-0.3, -0.25) is 13.9 Å².